The Hall–Kier alpha value is -0.510. The van der Waals surface area contributed by atoms with Gasteiger partial charge in [-0.1, -0.05) is 23.8 Å². The monoisotopic (exact) mass is 275 g/mol. The molecule has 0 amide bonds. The van der Waals surface area contributed by atoms with Crippen LogP contribution in [0.25, 0.3) is 6.08 Å². The van der Waals surface area contributed by atoms with Crippen molar-refractivity contribution in [3.05, 3.63) is 33.3 Å². The molecule has 14 heavy (non-hydrogen) atoms. The van der Waals surface area contributed by atoms with Crippen molar-refractivity contribution in [3.8, 4) is 5.75 Å². The highest BCUT2D eigenvalue weighted by Gasteiger charge is 2.05. The molecule has 0 spiro atoms. The van der Waals surface area contributed by atoms with Crippen LogP contribution in [-0.4, -0.2) is 13.7 Å². The fourth-order valence-electron chi connectivity index (χ4n) is 1.05. The predicted molar refractivity (Wildman–Crippen MR) is 63.8 cm³/mol. The predicted octanol–water partition coefficient (Wildman–Crippen LogP) is 3.08. The molecule has 0 aliphatic heterocycles. The zero-order valence-corrected chi connectivity index (χ0v) is 10.1. The van der Waals surface area contributed by atoms with Crippen molar-refractivity contribution in [1.29, 1.82) is 0 Å². The first kappa shape index (κ1) is 11.6. The summed E-state index contributed by atoms with van der Waals surface area (Å²) in [4.78, 5) is 0. The number of halogens is 2. The number of nitrogens with two attached hydrogens (primary N) is 1. The molecular formula is C10H11BrClNO. The van der Waals surface area contributed by atoms with Crippen molar-refractivity contribution in [3.63, 3.8) is 0 Å². The minimum absolute atomic E-state index is 0.501. The van der Waals surface area contributed by atoms with Gasteiger partial charge in [-0.05, 0) is 33.6 Å². The minimum Gasteiger partial charge on any atom is -0.496 e. The minimum atomic E-state index is 0.501. The highest BCUT2D eigenvalue weighted by molar-refractivity contribution is 9.10. The molecule has 0 atom stereocenters. The van der Waals surface area contributed by atoms with E-state index in [1.807, 2.05) is 18.2 Å². The molecule has 2 N–H and O–H groups in total. The van der Waals surface area contributed by atoms with Gasteiger partial charge in [0.15, 0.2) is 0 Å². The maximum Gasteiger partial charge on any atom is 0.135 e. The first-order chi connectivity index (χ1) is 6.69. The Balaban J connectivity index is 3.15. The molecule has 1 rings (SSSR count). The first-order valence-electron chi connectivity index (χ1n) is 4.08. The molecule has 1 aromatic carbocycles. The summed E-state index contributed by atoms with van der Waals surface area (Å²) in [5, 5.41) is 0.640. The van der Waals surface area contributed by atoms with Crippen LogP contribution in [-0.2, 0) is 0 Å². The van der Waals surface area contributed by atoms with Gasteiger partial charge in [-0.2, -0.15) is 0 Å². The van der Waals surface area contributed by atoms with E-state index in [0.717, 1.165) is 10.0 Å². The van der Waals surface area contributed by atoms with E-state index in [4.69, 9.17) is 22.1 Å². The zero-order chi connectivity index (χ0) is 10.6. The number of hydrogen-bond acceptors (Lipinski definition) is 2. The van der Waals surface area contributed by atoms with Gasteiger partial charge in [-0.15, -0.1) is 0 Å². The summed E-state index contributed by atoms with van der Waals surface area (Å²) in [6.07, 6.45) is 3.76. The van der Waals surface area contributed by atoms with Gasteiger partial charge in [0, 0.05) is 11.6 Å². The second-order valence-electron chi connectivity index (χ2n) is 2.65. The molecule has 4 heteroatoms. The van der Waals surface area contributed by atoms with Crippen LogP contribution in [0.1, 0.15) is 5.56 Å². The third kappa shape index (κ3) is 2.74. The molecule has 0 heterocycles. The quantitative estimate of drug-likeness (QED) is 0.921. The Morgan fingerprint density at radius 2 is 2.29 bits per heavy atom. The summed E-state index contributed by atoms with van der Waals surface area (Å²) in [5.74, 6) is 0.717. The Morgan fingerprint density at radius 3 is 2.86 bits per heavy atom. The number of rotatable bonds is 3. The largest absolute Gasteiger partial charge is 0.496 e. The van der Waals surface area contributed by atoms with E-state index in [0.29, 0.717) is 17.3 Å². The molecule has 0 aromatic heterocycles. The van der Waals surface area contributed by atoms with Crippen molar-refractivity contribution < 1.29 is 4.74 Å². The van der Waals surface area contributed by atoms with Crippen molar-refractivity contribution in [2.75, 3.05) is 13.7 Å². The summed E-state index contributed by atoms with van der Waals surface area (Å²) in [6.45, 7) is 0.501. The summed E-state index contributed by atoms with van der Waals surface area (Å²) >= 11 is 9.34. The highest BCUT2D eigenvalue weighted by Crippen LogP contribution is 2.32. The van der Waals surface area contributed by atoms with Gasteiger partial charge in [0.1, 0.15) is 5.75 Å². The zero-order valence-electron chi connectivity index (χ0n) is 7.76. The van der Waals surface area contributed by atoms with E-state index in [1.165, 1.54) is 0 Å². The molecule has 0 bridgehead atoms. The van der Waals surface area contributed by atoms with Crippen LogP contribution in [0.3, 0.4) is 0 Å². The number of methoxy groups -OCH3 is 1. The van der Waals surface area contributed by atoms with Gasteiger partial charge in [0.05, 0.1) is 11.6 Å². The van der Waals surface area contributed by atoms with E-state index in [9.17, 15) is 0 Å². The lowest BCUT2D eigenvalue weighted by molar-refractivity contribution is 0.412. The second kappa shape index (κ2) is 5.39. The molecule has 76 valence electrons. The fourth-order valence-corrected chi connectivity index (χ4v) is 1.79. The Labute approximate surface area is 96.8 Å². The molecule has 0 radical (unpaired) electrons. The smallest absolute Gasteiger partial charge is 0.135 e. The lowest BCUT2D eigenvalue weighted by Crippen LogP contribution is -1.92. The number of ether oxygens (including phenoxy) is 1. The maximum atomic E-state index is 5.91. The SMILES string of the molecule is COc1cc(Cl)cc(/C=C/CN)c1Br. The Bertz CT molecular complexity index is 352. The topological polar surface area (TPSA) is 35.2 Å². The lowest BCUT2D eigenvalue weighted by atomic mass is 10.2. The summed E-state index contributed by atoms with van der Waals surface area (Å²) in [5.41, 5.74) is 6.33. The average Bonchev–Trinajstić information content (AvgIpc) is 2.18. The average molecular weight is 277 g/mol. The highest BCUT2D eigenvalue weighted by atomic mass is 79.9. The van der Waals surface area contributed by atoms with Crippen LogP contribution in [0.4, 0.5) is 0 Å². The van der Waals surface area contributed by atoms with Crippen LogP contribution < -0.4 is 10.5 Å². The van der Waals surface area contributed by atoms with E-state index in [1.54, 1.807) is 13.2 Å². The number of hydrogen-bond donors (Lipinski definition) is 1. The van der Waals surface area contributed by atoms with Crippen molar-refractivity contribution >= 4 is 33.6 Å². The molecule has 0 aliphatic rings. The van der Waals surface area contributed by atoms with Gasteiger partial charge < -0.3 is 10.5 Å². The summed E-state index contributed by atoms with van der Waals surface area (Å²) < 4.78 is 6.03. The van der Waals surface area contributed by atoms with E-state index in [2.05, 4.69) is 15.9 Å². The Morgan fingerprint density at radius 1 is 1.57 bits per heavy atom. The van der Waals surface area contributed by atoms with Crippen LogP contribution in [0, 0.1) is 0 Å². The van der Waals surface area contributed by atoms with Gasteiger partial charge in [0.2, 0.25) is 0 Å². The molecule has 0 fully saturated rings. The molecular weight excluding hydrogens is 265 g/mol. The van der Waals surface area contributed by atoms with Crippen LogP contribution >= 0.6 is 27.5 Å². The van der Waals surface area contributed by atoms with Gasteiger partial charge in [0.25, 0.3) is 0 Å². The van der Waals surface area contributed by atoms with Gasteiger partial charge in [-0.25, -0.2) is 0 Å². The third-order valence-corrected chi connectivity index (χ3v) is 2.75. The standard InChI is InChI=1S/C10H11BrClNO/c1-14-9-6-8(12)5-7(10(9)11)3-2-4-13/h2-3,5-6H,4,13H2,1H3/b3-2+. The molecule has 0 saturated carbocycles. The molecule has 0 saturated heterocycles. The maximum absolute atomic E-state index is 5.91. The van der Waals surface area contributed by atoms with Crippen molar-refractivity contribution in [1.82, 2.24) is 0 Å². The lowest BCUT2D eigenvalue weighted by Gasteiger charge is -2.06. The first-order valence-corrected chi connectivity index (χ1v) is 5.25. The van der Waals surface area contributed by atoms with Crippen LogP contribution in [0.15, 0.2) is 22.7 Å². The van der Waals surface area contributed by atoms with Crippen LogP contribution in [0.5, 0.6) is 5.75 Å². The van der Waals surface area contributed by atoms with Crippen LogP contribution in [0.2, 0.25) is 5.02 Å². The van der Waals surface area contributed by atoms with Gasteiger partial charge in [-0.3, -0.25) is 0 Å². The van der Waals surface area contributed by atoms with Crippen molar-refractivity contribution in [2.24, 2.45) is 5.73 Å². The summed E-state index contributed by atoms with van der Waals surface area (Å²) in [6, 6.07) is 3.60. The summed E-state index contributed by atoms with van der Waals surface area (Å²) in [7, 11) is 1.60. The molecule has 0 aliphatic carbocycles. The van der Waals surface area contributed by atoms with E-state index in [-0.39, 0.29) is 0 Å². The Kier molecular flexibility index (Phi) is 4.45. The fraction of sp³-hybridized carbons (Fsp3) is 0.200. The van der Waals surface area contributed by atoms with E-state index >= 15 is 0 Å². The molecule has 2 nitrogen and oxygen atoms in total. The normalized spacial score (nSPS) is 10.9. The van der Waals surface area contributed by atoms with Crippen molar-refractivity contribution in [2.45, 2.75) is 0 Å². The molecule has 1 aromatic rings. The second-order valence-corrected chi connectivity index (χ2v) is 3.88. The van der Waals surface area contributed by atoms with E-state index < -0.39 is 0 Å². The third-order valence-electron chi connectivity index (χ3n) is 1.69. The number of benzene rings is 1. The molecule has 0 unspecified atom stereocenters. The van der Waals surface area contributed by atoms with Gasteiger partial charge >= 0.3 is 0 Å².